The van der Waals surface area contributed by atoms with E-state index < -0.39 is 0 Å². The van der Waals surface area contributed by atoms with E-state index in [1.54, 1.807) is 11.3 Å². The Morgan fingerprint density at radius 2 is 2.11 bits per heavy atom. The number of aromatic nitrogens is 1. The lowest BCUT2D eigenvalue weighted by molar-refractivity contribution is -0.124. The lowest BCUT2D eigenvalue weighted by Crippen LogP contribution is -2.44. The standard InChI is InChI=1S/C22H31N3O2S/c1-22(2,3)19-16-28-21(24-19)18-14-25(12-13-27-18)15-20(26)23-11-7-10-17-8-5-4-6-9-17/h4-6,8-9,16,18H,7,10-15H2,1-3H3,(H,23,26). The van der Waals surface area contributed by atoms with E-state index in [-0.39, 0.29) is 17.4 Å². The first-order valence-electron chi connectivity index (χ1n) is 10.0. The molecule has 1 amide bonds. The number of hydrogen-bond acceptors (Lipinski definition) is 5. The second-order valence-electron chi connectivity index (χ2n) is 8.35. The zero-order valence-electron chi connectivity index (χ0n) is 17.1. The number of thiazole rings is 1. The zero-order chi connectivity index (χ0) is 20.0. The predicted molar refractivity (Wildman–Crippen MR) is 114 cm³/mol. The highest BCUT2D eigenvalue weighted by molar-refractivity contribution is 7.09. The molecule has 1 aliphatic rings. The van der Waals surface area contributed by atoms with Crippen molar-refractivity contribution in [3.05, 3.63) is 52.0 Å². The molecule has 152 valence electrons. The van der Waals surface area contributed by atoms with Crippen LogP contribution in [0.25, 0.3) is 0 Å². The maximum absolute atomic E-state index is 12.3. The highest BCUT2D eigenvalue weighted by Gasteiger charge is 2.27. The van der Waals surface area contributed by atoms with Crippen LogP contribution in [0.1, 0.15) is 49.6 Å². The molecule has 5 nitrogen and oxygen atoms in total. The topological polar surface area (TPSA) is 54.5 Å². The monoisotopic (exact) mass is 401 g/mol. The van der Waals surface area contributed by atoms with Crippen LogP contribution in [0.3, 0.4) is 0 Å². The molecule has 0 spiro atoms. The van der Waals surface area contributed by atoms with Crippen LogP contribution in [0.4, 0.5) is 0 Å². The first-order valence-corrected chi connectivity index (χ1v) is 10.9. The van der Waals surface area contributed by atoms with Crippen LogP contribution in [0.2, 0.25) is 0 Å². The fraction of sp³-hybridized carbons (Fsp3) is 0.545. The molecule has 6 heteroatoms. The Kier molecular flexibility index (Phi) is 7.21. The van der Waals surface area contributed by atoms with Gasteiger partial charge in [-0.25, -0.2) is 4.98 Å². The lowest BCUT2D eigenvalue weighted by Gasteiger charge is -2.31. The zero-order valence-corrected chi connectivity index (χ0v) is 17.9. The largest absolute Gasteiger partial charge is 0.368 e. The second kappa shape index (κ2) is 9.63. The number of nitrogens with one attached hydrogen (secondary N) is 1. The minimum absolute atomic E-state index is 0.0410. The van der Waals surface area contributed by atoms with E-state index in [9.17, 15) is 4.79 Å². The van der Waals surface area contributed by atoms with Gasteiger partial charge in [-0.05, 0) is 18.4 Å². The van der Waals surface area contributed by atoms with Crippen LogP contribution in [-0.2, 0) is 21.4 Å². The molecule has 1 atom stereocenters. The molecule has 2 aromatic rings. The number of morpholine rings is 1. The van der Waals surface area contributed by atoms with E-state index in [0.29, 0.717) is 26.2 Å². The van der Waals surface area contributed by atoms with Crippen LogP contribution >= 0.6 is 11.3 Å². The van der Waals surface area contributed by atoms with E-state index in [1.807, 2.05) is 6.07 Å². The third kappa shape index (κ3) is 6.12. The molecular formula is C22H31N3O2S. The predicted octanol–water partition coefficient (Wildman–Crippen LogP) is 3.56. The van der Waals surface area contributed by atoms with Gasteiger partial charge in [0, 0.05) is 30.4 Å². The van der Waals surface area contributed by atoms with Crippen LogP contribution in [0.5, 0.6) is 0 Å². The van der Waals surface area contributed by atoms with Crippen molar-refractivity contribution in [2.24, 2.45) is 0 Å². The third-order valence-corrected chi connectivity index (χ3v) is 5.83. The maximum atomic E-state index is 12.3. The van der Waals surface area contributed by atoms with Gasteiger partial charge in [-0.15, -0.1) is 11.3 Å². The maximum Gasteiger partial charge on any atom is 0.234 e. The van der Waals surface area contributed by atoms with Crippen molar-refractivity contribution in [1.82, 2.24) is 15.2 Å². The molecule has 1 aliphatic heterocycles. The van der Waals surface area contributed by atoms with Gasteiger partial charge in [-0.3, -0.25) is 9.69 Å². The summed E-state index contributed by atoms with van der Waals surface area (Å²) >= 11 is 1.66. The lowest BCUT2D eigenvalue weighted by atomic mass is 9.93. The smallest absolute Gasteiger partial charge is 0.234 e. The number of aryl methyl sites for hydroxylation is 1. The van der Waals surface area contributed by atoms with Gasteiger partial charge in [-0.2, -0.15) is 0 Å². The van der Waals surface area contributed by atoms with E-state index in [2.05, 4.69) is 60.6 Å². The van der Waals surface area contributed by atoms with Gasteiger partial charge in [0.25, 0.3) is 0 Å². The number of carbonyl (C=O) groups is 1. The summed E-state index contributed by atoms with van der Waals surface area (Å²) in [5, 5.41) is 6.18. The second-order valence-corrected chi connectivity index (χ2v) is 9.24. The average Bonchev–Trinajstić information content (AvgIpc) is 3.17. The Balaban J connectivity index is 1.41. The number of ether oxygens (including phenoxy) is 1. The fourth-order valence-corrected chi connectivity index (χ4v) is 4.28. The first-order chi connectivity index (χ1) is 13.4. The van der Waals surface area contributed by atoms with Crippen molar-refractivity contribution in [2.45, 2.75) is 45.1 Å². The summed E-state index contributed by atoms with van der Waals surface area (Å²) in [7, 11) is 0. The van der Waals surface area contributed by atoms with Gasteiger partial charge in [0.2, 0.25) is 5.91 Å². The van der Waals surface area contributed by atoms with Crippen molar-refractivity contribution in [3.8, 4) is 0 Å². The number of benzene rings is 1. The Hall–Kier alpha value is -1.76. The SMILES string of the molecule is CC(C)(C)c1csc(C2CN(CC(=O)NCCCc3ccccc3)CCO2)n1. The minimum Gasteiger partial charge on any atom is -0.368 e. The molecule has 1 aromatic heterocycles. The van der Waals surface area contributed by atoms with Crippen LogP contribution in [0.15, 0.2) is 35.7 Å². The highest BCUT2D eigenvalue weighted by Crippen LogP contribution is 2.30. The normalized spacial score (nSPS) is 18.2. The Morgan fingerprint density at radius 3 is 2.82 bits per heavy atom. The number of carbonyl (C=O) groups excluding carboxylic acids is 1. The van der Waals surface area contributed by atoms with Gasteiger partial charge in [-0.1, -0.05) is 51.1 Å². The van der Waals surface area contributed by atoms with E-state index >= 15 is 0 Å². The van der Waals surface area contributed by atoms with Crippen molar-refractivity contribution in [2.75, 3.05) is 32.8 Å². The molecule has 1 fully saturated rings. The van der Waals surface area contributed by atoms with Gasteiger partial charge >= 0.3 is 0 Å². The molecule has 2 heterocycles. The summed E-state index contributed by atoms with van der Waals surface area (Å²) in [5.41, 5.74) is 2.46. The number of nitrogens with zero attached hydrogens (tertiary/aromatic N) is 2. The fourth-order valence-electron chi connectivity index (χ4n) is 3.20. The van der Waals surface area contributed by atoms with Crippen LogP contribution in [-0.4, -0.2) is 48.6 Å². The molecule has 0 radical (unpaired) electrons. The summed E-state index contributed by atoms with van der Waals surface area (Å²) < 4.78 is 5.92. The summed E-state index contributed by atoms with van der Waals surface area (Å²) in [6, 6.07) is 10.4. The average molecular weight is 402 g/mol. The molecule has 0 saturated carbocycles. The van der Waals surface area contributed by atoms with Gasteiger partial charge in [0.15, 0.2) is 0 Å². The number of amides is 1. The van der Waals surface area contributed by atoms with Crippen LogP contribution < -0.4 is 5.32 Å². The number of rotatable bonds is 7. The van der Waals surface area contributed by atoms with Gasteiger partial charge in [0.05, 0.1) is 18.8 Å². The van der Waals surface area contributed by atoms with Gasteiger partial charge in [0.1, 0.15) is 11.1 Å². The molecule has 1 aromatic carbocycles. The molecule has 0 aliphatic carbocycles. The Morgan fingerprint density at radius 1 is 1.32 bits per heavy atom. The van der Waals surface area contributed by atoms with Gasteiger partial charge < -0.3 is 10.1 Å². The Bertz CT molecular complexity index is 755. The Labute approximate surface area is 172 Å². The summed E-state index contributed by atoms with van der Waals surface area (Å²) in [6.07, 6.45) is 1.90. The van der Waals surface area contributed by atoms with E-state index in [4.69, 9.17) is 9.72 Å². The molecule has 3 rings (SSSR count). The molecule has 1 saturated heterocycles. The van der Waals surface area contributed by atoms with Crippen LogP contribution in [0, 0.1) is 0 Å². The molecule has 1 N–H and O–H groups in total. The van der Waals surface area contributed by atoms with E-state index in [1.165, 1.54) is 5.56 Å². The highest BCUT2D eigenvalue weighted by atomic mass is 32.1. The summed E-state index contributed by atoms with van der Waals surface area (Å²) in [6.45, 7) is 9.77. The van der Waals surface area contributed by atoms with Crippen molar-refractivity contribution in [3.63, 3.8) is 0 Å². The van der Waals surface area contributed by atoms with Crippen molar-refractivity contribution < 1.29 is 9.53 Å². The molecule has 1 unspecified atom stereocenters. The molecule has 0 bridgehead atoms. The number of hydrogen-bond donors (Lipinski definition) is 1. The molecule has 28 heavy (non-hydrogen) atoms. The summed E-state index contributed by atoms with van der Waals surface area (Å²) in [5.74, 6) is 0.0863. The minimum atomic E-state index is -0.0410. The molecular weight excluding hydrogens is 370 g/mol. The van der Waals surface area contributed by atoms with Crippen molar-refractivity contribution in [1.29, 1.82) is 0 Å². The third-order valence-electron chi connectivity index (χ3n) is 4.89. The quantitative estimate of drug-likeness (QED) is 0.721. The summed E-state index contributed by atoms with van der Waals surface area (Å²) in [4.78, 5) is 19.2. The first kappa shape index (κ1) is 21.0. The van der Waals surface area contributed by atoms with E-state index in [0.717, 1.165) is 30.1 Å². The van der Waals surface area contributed by atoms with Crippen molar-refractivity contribution >= 4 is 17.2 Å².